The molecule has 4 fully saturated rings. The van der Waals surface area contributed by atoms with Crippen molar-refractivity contribution in [3.05, 3.63) is 122 Å². The normalized spacial score (nSPS) is 19.5. The van der Waals surface area contributed by atoms with E-state index in [1.807, 2.05) is 63.7 Å². The number of nitrogens with two attached hydrogens (primary N) is 1. The minimum absolute atomic E-state index is 0.0803. The SMILES string of the molecule is CN1CCC(c2ccc3c(c2)-n2c(nc(=O)c4c(Cl)cccc42)C32CCCCC2)CC1.COCCOCCOCCOCC(NC(=O)C1CCCN1C(=O)C(N/C=C(\N)C1CCCCC1)C(C)(C)C)c1ccc(-c2scnc2C)cc1. The van der Waals surface area contributed by atoms with Crippen molar-refractivity contribution < 1.29 is 28.5 Å². The molecule has 3 unspecified atom stereocenters. The number of likely N-dealkylation sites (tertiary alicyclic amines) is 2. The Morgan fingerprint density at radius 3 is 2.23 bits per heavy atom. The maximum absolute atomic E-state index is 14.2. The molecule has 2 saturated heterocycles. The van der Waals surface area contributed by atoms with Gasteiger partial charge in [0, 0.05) is 25.6 Å². The van der Waals surface area contributed by atoms with Crippen molar-refractivity contribution in [2.75, 3.05) is 80.0 Å². The first-order valence-corrected chi connectivity index (χ1v) is 31.0. The van der Waals surface area contributed by atoms with Crippen LogP contribution >= 0.6 is 22.9 Å². The van der Waals surface area contributed by atoms with Crippen molar-refractivity contribution in [3.63, 3.8) is 0 Å². The third kappa shape index (κ3) is 14.2. The van der Waals surface area contributed by atoms with Crippen molar-refractivity contribution in [2.24, 2.45) is 17.1 Å². The first-order valence-electron chi connectivity index (χ1n) is 29.8. The van der Waals surface area contributed by atoms with Gasteiger partial charge in [-0.15, -0.1) is 11.3 Å². The molecule has 2 aliphatic carbocycles. The number of carbonyl (C=O) groups is 2. The molecule has 2 aromatic heterocycles. The first-order chi connectivity index (χ1) is 39.2. The average Bonchev–Trinajstić information content (AvgIpc) is 2.24. The lowest BCUT2D eigenvalue weighted by Crippen LogP contribution is -2.56. The number of methoxy groups -OCH3 is 1. The minimum atomic E-state index is -0.572. The van der Waals surface area contributed by atoms with E-state index in [4.69, 9.17) is 41.3 Å². The highest BCUT2D eigenvalue weighted by molar-refractivity contribution is 7.13. The number of piperidine rings is 1. The second-order valence-electron chi connectivity index (χ2n) is 24.1. The highest BCUT2D eigenvalue weighted by Crippen LogP contribution is 2.52. The molecule has 15 nitrogen and oxygen atoms in total. The van der Waals surface area contributed by atoms with Crippen LogP contribution in [0.5, 0.6) is 0 Å². The van der Waals surface area contributed by atoms with E-state index in [1.165, 1.54) is 68.2 Å². The van der Waals surface area contributed by atoms with E-state index in [0.29, 0.717) is 74.9 Å². The summed E-state index contributed by atoms with van der Waals surface area (Å²) in [7, 11) is 3.85. The fourth-order valence-electron chi connectivity index (χ4n) is 12.9. The number of fused-ring (bicyclic) bond motifs is 7. The summed E-state index contributed by atoms with van der Waals surface area (Å²) in [5, 5.41) is 7.64. The molecule has 0 bridgehead atoms. The van der Waals surface area contributed by atoms with Crippen LogP contribution in [-0.4, -0.2) is 128 Å². The third-order valence-electron chi connectivity index (χ3n) is 17.5. The second kappa shape index (κ2) is 27.9. The Morgan fingerprint density at radius 1 is 0.864 bits per heavy atom. The molecule has 2 saturated carbocycles. The Labute approximate surface area is 488 Å². The molecule has 5 aliphatic rings. The number of hydrogen-bond acceptors (Lipinski definition) is 13. The zero-order valence-electron chi connectivity index (χ0n) is 48.7. The Morgan fingerprint density at radius 2 is 1.56 bits per heavy atom. The van der Waals surface area contributed by atoms with Crippen LogP contribution in [0.1, 0.15) is 151 Å². The van der Waals surface area contributed by atoms with Gasteiger partial charge in [-0.2, -0.15) is 4.98 Å². The van der Waals surface area contributed by atoms with E-state index < -0.39 is 23.5 Å². The van der Waals surface area contributed by atoms with Crippen molar-refractivity contribution in [1.82, 2.24) is 35.0 Å². The van der Waals surface area contributed by atoms with E-state index in [0.717, 1.165) is 83.9 Å². The van der Waals surface area contributed by atoms with Crippen molar-refractivity contribution >= 4 is 45.7 Å². The molecule has 0 radical (unpaired) electrons. The molecule has 5 aromatic rings. The van der Waals surface area contributed by atoms with Gasteiger partial charge in [-0.05, 0) is 136 Å². The van der Waals surface area contributed by atoms with Gasteiger partial charge in [0.25, 0.3) is 5.56 Å². The smallest absolute Gasteiger partial charge is 0.282 e. The topological polar surface area (TPSA) is 175 Å². The van der Waals surface area contributed by atoms with Gasteiger partial charge >= 0.3 is 0 Å². The van der Waals surface area contributed by atoms with Crippen LogP contribution in [0.3, 0.4) is 0 Å². The van der Waals surface area contributed by atoms with Crippen LogP contribution in [-0.2, 0) is 34.0 Å². The van der Waals surface area contributed by atoms with Gasteiger partial charge in [0.15, 0.2) is 0 Å². The molecule has 1 spiro atoms. The highest BCUT2D eigenvalue weighted by Gasteiger charge is 2.47. The number of halogens is 1. The van der Waals surface area contributed by atoms with Crippen LogP contribution in [0.25, 0.3) is 27.0 Å². The fraction of sp³-hybridized carbons (Fsp3) is 0.578. The Kier molecular flexibility index (Phi) is 20.8. The molecule has 5 heterocycles. The van der Waals surface area contributed by atoms with E-state index >= 15 is 0 Å². The number of thiazole rings is 1. The summed E-state index contributed by atoms with van der Waals surface area (Å²) in [4.78, 5) is 55.6. The number of amides is 2. The first kappa shape index (κ1) is 60.4. The Bertz CT molecular complexity index is 2990. The van der Waals surface area contributed by atoms with Crippen molar-refractivity contribution in [2.45, 2.75) is 147 Å². The van der Waals surface area contributed by atoms with Gasteiger partial charge in [0.2, 0.25) is 11.8 Å². The standard InChI is InChI=1S/C38H59N5O6S.C26H28ClN3O/c1-27-34(50-26-41-27)30-15-13-29(14-16-30)32(25-49-23-22-48-21-20-47-19-18-46-5)42-36(44)33-12-9-17-43(33)37(45)35(38(2,3)4)40-24-31(39)28-10-7-6-8-11-28;1-29-14-10-17(11-15-29)18-8-9-19-22(16-18)30-21-7-5-6-20(27)23(21)24(31)28-25(30)26(19)12-3-2-4-13-26/h13-16,24,26,28,32-33,35,40H,6-12,17-23,25,39H2,1-5H3,(H,42,44);5-9,16-17H,2-4,10-15H2,1H3/b31-24-;. The quantitative estimate of drug-likeness (QED) is 0.0630. The number of nitrogens with zero attached hydrogens (tertiary/aromatic N) is 5. The highest BCUT2D eigenvalue weighted by atomic mass is 35.5. The monoisotopic (exact) mass is 1150 g/mol. The molecular formula is C64H87ClN8O7S. The molecule has 4 N–H and O–H groups in total. The third-order valence-corrected chi connectivity index (χ3v) is 18.8. The maximum atomic E-state index is 14.2. The van der Waals surface area contributed by atoms with Crippen LogP contribution in [0.15, 0.2) is 82.9 Å². The van der Waals surface area contributed by atoms with E-state index in [-0.39, 0.29) is 29.4 Å². The van der Waals surface area contributed by atoms with Crippen LogP contribution in [0.2, 0.25) is 5.02 Å². The van der Waals surface area contributed by atoms with Crippen LogP contribution in [0.4, 0.5) is 0 Å². The van der Waals surface area contributed by atoms with Gasteiger partial charge in [0.1, 0.15) is 17.9 Å². The lowest BCUT2D eigenvalue weighted by molar-refractivity contribution is -0.142. The second-order valence-corrected chi connectivity index (χ2v) is 25.3. The lowest BCUT2D eigenvalue weighted by atomic mass is 9.69. The van der Waals surface area contributed by atoms with Crippen molar-refractivity contribution in [3.8, 4) is 16.1 Å². The van der Waals surface area contributed by atoms with E-state index in [2.05, 4.69) is 62.5 Å². The van der Waals surface area contributed by atoms with E-state index in [1.54, 1.807) is 29.4 Å². The van der Waals surface area contributed by atoms with Crippen LogP contribution < -0.4 is 21.9 Å². The van der Waals surface area contributed by atoms with Crippen molar-refractivity contribution in [1.29, 1.82) is 0 Å². The molecule has 438 valence electrons. The maximum Gasteiger partial charge on any atom is 0.282 e. The summed E-state index contributed by atoms with van der Waals surface area (Å²) in [6, 6.07) is 19.5. The van der Waals surface area contributed by atoms with Gasteiger partial charge in [-0.3, -0.25) is 19.0 Å². The number of hydrogen-bond donors (Lipinski definition) is 3. The molecule has 10 rings (SSSR count). The van der Waals surface area contributed by atoms with Gasteiger partial charge in [0.05, 0.1) is 95.4 Å². The van der Waals surface area contributed by atoms with E-state index in [9.17, 15) is 14.4 Å². The van der Waals surface area contributed by atoms with Gasteiger partial charge in [-0.25, -0.2) is 4.98 Å². The zero-order valence-corrected chi connectivity index (χ0v) is 50.3. The number of rotatable bonds is 20. The Hall–Kier alpha value is -5.20. The number of aryl methyl sites for hydroxylation is 1. The largest absolute Gasteiger partial charge is 0.401 e. The average molecular weight is 1150 g/mol. The predicted molar refractivity (Wildman–Crippen MR) is 323 cm³/mol. The fourth-order valence-corrected chi connectivity index (χ4v) is 14.0. The molecule has 3 aliphatic heterocycles. The van der Waals surface area contributed by atoms with Gasteiger partial charge < -0.3 is 45.1 Å². The number of allylic oxidation sites excluding steroid dienone is 1. The summed E-state index contributed by atoms with van der Waals surface area (Å²) >= 11 is 8.08. The number of carbonyl (C=O) groups excluding carboxylic acids is 2. The number of benzene rings is 3. The minimum Gasteiger partial charge on any atom is -0.401 e. The van der Waals surface area contributed by atoms with Crippen LogP contribution in [0, 0.1) is 18.3 Å². The summed E-state index contributed by atoms with van der Waals surface area (Å²) < 4.78 is 24.4. The zero-order chi connectivity index (χ0) is 57.1. The molecule has 3 atom stereocenters. The summed E-state index contributed by atoms with van der Waals surface area (Å²) in [6.07, 6.45) is 17.1. The molecular weight excluding hydrogens is 1060 g/mol. The Balaban J connectivity index is 0.000000216. The predicted octanol–water partition coefficient (Wildman–Crippen LogP) is 10.8. The summed E-state index contributed by atoms with van der Waals surface area (Å²) in [6.45, 7) is 14.0. The van der Waals surface area contributed by atoms with Gasteiger partial charge in [-0.1, -0.05) is 113 Å². The number of ether oxygens (including phenoxy) is 4. The molecule has 81 heavy (non-hydrogen) atoms. The molecule has 17 heteroatoms. The summed E-state index contributed by atoms with van der Waals surface area (Å²) in [5.74, 6) is 1.62. The summed E-state index contributed by atoms with van der Waals surface area (Å²) in [5.41, 5.74) is 16.3. The molecule has 3 aromatic carbocycles. The number of aromatic nitrogens is 3. The number of nitrogens with one attached hydrogen (secondary N) is 2. The molecule has 2 amide bonds. The lowest BCUT2D eigenvalue weighted by Gasteiger charge is -2.36.